The number of nitrogens with zero attached hydrogens (tertiary/aromatic N) is 2. The SMILES string of the molecule is Clc1nccnc1-c1ccc2c(c1)OCCO2. The fraction of sp³-hybridized carbons (Fsp3) is 0.167. The van der Waals surface area contributed by atoms with Crippen LogP contribution in [0.1, 0.15) is 0 Å². The van der Waals surface area contributed by atoms with Crippen molar-refractivity contribution in [1.82, 2.24) is 9.97 Å². The highest BCUT2D eigenvalue weighted by atomic mass is 35.5. The van der Waals surface area contributed by atoms with Crippen LogP contribution < -0.4 is 9.47 Å². The van der Waals surface area contributed by atoms with Gasteiger partial charge in [0.15, 0.2) is 16.7 Å². The molecule has 17 heavy (non-hydrogen) atoms. The van der Waals surface area contributed by atoms with E-state index in [0.29, 0.717) is 24.1 Å². The summed E-state index contributed by atoms with van der Waals surface area (Å²) in [4.78, 5) is 8.21. The minimum Gasteiger partial charge on any atom is -0.486 e. The summed E-state index contributed by atoms with van der Waals surface area (Å²) in [6.45, 7) is 1.14. The molecule has 0 bridgehead atoms. The number of benzene rings is 1. The average Bonchev–Trinajstić information content (AvgIpc) is 2.39. The molecule has 1 aliphatic heterocycles. The third kappa shape index (κ3) is 1.91. The van der Waals surface area contributed by atoms with E-state index >= 15 is 0 Å². The predicted molar refractivity (Wildman–Crippen MR) is 63.5 cm³/mol. The van der Waals surface area contributed by atoms with Crippen LogP contribution in [0.15, 0.2) is 30.6 Å². The van der Waals surface area contributed by atoms with E-state index in [1.54, 1.807) is 12.4 Å². The number of rotatable bonds is 1. The molecule has 0 radical (unpaired) electrons. The molecule has 0 aliphatic carbocycles. The van der Waals surface area contributed by atoms with Gasteiger partial charge in [0.05, 0.1) is 0 Å². The van der Waals surface area contributed by atoms with Gasteiger partial charge in [-0.3, -0.25) is 4.98 Å². The average molecular weight is 249 g/mol. The fourth-order valence-corrected chi connectivity index (χ4v) is 1.92. The molecule has 0 amide bonds. The Labute approximate surface area is 103 Å². The van der Waals surface area contributed by atoms with Gasteiger partial charge in [0.1, 0.15) is 18.9 Å². The summed E-state index contributed by atoms with van der Waals surface area (Å²) in [5.74, 6) is 1.47. The highest BCUT2D eigenvalue weighted by molar-refractivity contribution is 6.31. The molecule has 2 aromatic rings. The van der Waals surface area contributed by atoms with Gasteiger partial charge in [-0.25, -0.2) is 4.98 Å². The second-order valence-electron chi connectivity index (χ2n) is 3.55. The summed E-state index contributed by atoms with van der Waals surface area (Å²) in [7, 11) is 0. The van der Waals surface area contributed by atoms with Gasteiger partial charge in [0, 0.05) is 18.0 Å². The van der Waals surface area contributed by atoms with Crippen LogP contribution in [0.5, 0.6) is 11.5 Å². The van der Waals surface area contributed by atoms with E-state index in [2.05, 4.69) is 9.97 Å². The van der Waals surface area contributed by atoms with Crippen molar-refractivity contribution in [1.29, 1.82) is 0 Å². The van der Waals surface area contributed by atoms with E-state index in [1.807, 2.05) is 18.2 Å². The van der Waals surface area contributed by atoms with Crippen LogP contribution in [0.25, 0.3) is 11.3 Å². The summed E-state index contributed by atoms with van der Waals surface area (Å²) in [6.07, 6.45) is 3.17. The molecule has 0 saturated carbocycles. The van der Waals surface area contributed by atoms with Crippen molar-refractivity contribution in [3.63, 3.8) is 0 Å². The highest BCUT2D eigenvalue weighted by Gasteiger charge is 2.14. The largest absolute Gasteiger partial charge is 0.486 e. The number of aromatic nitrogens is 2. The molecule has 86 valence electrons. The third-order valence-electron chi connectivity index (χ3n) is 2.47. The maximum Gasteiger partial charge on any atom is 0.162 e. The fourth-order valence-electron chi connectivity index (χ4n) is 1.71. The summed E-state index contributed by atoms with van der Waals surface area (Å²) in [5.41, 5.74) is 1.51. The Morgan fingerprint density at radius 1 is 1.00 bits per heavy atom. The van der Waals surface area contributed by atoms with Gasteiger partial charge >= 0.3 is 0 Å². The van der Waals surface area contributed by atoms with Gasteiger partial charge < -0.3 is 9.47 Å². The van der Waals surface area contributed by atoms with Crippen LogP contribution in [0.2, 0.25) is 5.15 Å². The summed E-state index contributed by atoms with van der Waals surface area (Å²) >= 11 is 6.00. The van der Waals surface area contributed by atoms with Crippen molar-refractivity contribution < 1.29 is 9.47 Å². The minimum absolute atomic E-state index is 0.379. The highest BCUT2D eigenvalue weighted by Crippen LogP contribution is 2.35. The molecule has 1 aliphatic rings. The molecular formula is C12H9ClN2O2. The molecule has 0 saturated heterocycles. The molecule has 1 aromatic carbocycles. The topological polar surface area (TPSA) is 44.2 Å². The number of halogens is 1. The summed E-state index contributed by atoms with van der Waals surface area (Å²) in [5, 5.41) is 0.379. The lowest BCUT2D eigenvalue weighted by Crippen LogP contribution is -2.15. The second-order valence-corrected chi connectivity index (χ2v) is 3.91. The zero-order valence-electron chi connectivity index (χ0n) is 8.89. The first-order chi connectivity index (χ1) is 8.34. The van der Waals surface area contributed by atoms with Crippen molar-refractivity contribution in [3.05, 3.63) is 35.7 Å². The van der Waals surface area contributed by atoms with E-state index in [4.69, 9.17) is 21.1 Å². The van der Waals surface area contributed by atoms with Crippen LogP contribution in [0.3, 0.4) is 0 Å². The Kier molecular flexibility index (Phi) is 2.57. The van der Waals surface area contributed by atoms with Crippen LogP contribution >= 0.6 is 11.6 Å². The molecule has 3 rings (SSSR count). The zero-order valence-corrected chi connectivity index (χ0v) is 9.65. The van der Waals surface area contributed by atoms with Gasteiger partial charge in [0.2, 0.25) is 0 Å². The number of hydrogen-bond acceptors (Lipinski definition) is 4. The van der Waals surface area contributed by atoms with Crippen LogP contribution in [0, 0.1) is 0 Å². The lowest BCUT2D eigenvalue weighted by atomic mass is 10.1. The number of fused-ring (bicyclic) bond motifs is 1. The van der Waals surface area contributed by atoms with E-state index in [0.717, 1.165) is 17.1 Å². The second kappa shape index (κ2) is 4.22. The molecule has 0 unspecified atom stereocenters. The van der Waals surface area contributed by atoms with E-state index < -0.39 is 0 Å². The Balaban J connectivity index is 2.07. The van der Waals surface area contributed by atoms with Crippen molar-refractivity contribution >= 4 is 11.6 Å². The summed E-state index contributed by atoms with van der Waals surface area (Å²) < 4.78 is 11.0. The molecule has 1 aromatic heterocycles. The van der Waals surface area contributed by atoms with E-state index in [9.17, 15) is 0 Å². The zero-order chi connectivity index (χ0) is 11.7. The minimum atomic E-state index is 0.379. The lowest BCUT2D eigenvalue weighted by molar-refractivity contribution is 0.171. The predicted octanol–water partition coefficient (Wildman–Crippen LogP) is 2.57. The lowest BCUT2D eigenvalue weighted by Gasteiger charge is -2.18. The van der Waals surface area contributed by atoms with Crippen molar-refractivity contribution in [2.45, 2.75) is 0 Å². The van der Waals surface area contributed by atoms with Gasteiger partial charge in [-0.05, 0) is 18.2 Å². The Morgan fingerprint density at radius 3 is 2.59 bits per heavy atom. The third-order valence-corrected chi connectivity index (χ3v) is 2.75. The first-order valence-corrected chi connectivity index (χ1v) is 5.59. The smallest absolute Gasteiger partial charge is 0.162 e. The molecule has 4 nitrogen and oxygen atoms in total. The Hall–Kier alpha value is -1.81. The van der Waals surface area contributed by atoms with E-state index in [-0.39, 0.29) is 0 Å². The molecule has 0 spiro atoms. The molecule has 0 N–H and O–H groups in total. The van der Waals surface area contributed by atoms with Crippen LogP contribution in [-0.2, 0) is 0 Å². The first kappa shape index (κ1) is 10.4. The van der Waals surface area contributed by atoms with Gasteiger partial charge in [-0.2, -0.15) is 0 Å². The van der Waals surface area contributed by atoms with E-state index in [1.165, 1.54) is 0 Å². The monoisotopic (exact) mass is 248 g/mol. The summed E-state index contributed by atoms with van der Waals surface area (Å²) in [6, 6.07) is 5.61. The quantitative estimate of drug-likeness (QED) is 0.778. The Morgan fingerprint density at radius 2 is 1.76 bits per heavy atom. The van der Waals surface area contributed by atoms with Gasteiger partial charge in [-0.15, -0.1) is 0 Å². The normalized spacial score (nSPS) is 13.5. The van der Waals surface area contributed by atoms with Crippen LogP contribution in [0.4, 0.5) is 0 Å². The molecular weight excluding hydrogens is 240 g/mol. The Bertz CT molecular complexity index is 560. The molecule has 5 heteroatoms. The van der Waals surface area contributed by atoms with Crippen molar-refractivity contribution in [3.8, 4) is 22.8 Å². The van der Waals surface area contributed by atoms with Gasteiger partial charge in [-0.1, -0.05) is 11.6 Å². The van der Waals surface area contributed by atoms with Crippen molar-refractivity contribution in [2.75, 3.05) is 13.2 Å². The maximum absolute atomic E-state index is 6.00. The first-order valence-electron chi connectivity index (χ1n) is 5.21. The van der Waals surface area contributed by atoms with Gasteiger partial charge in [0.25, 0.3) is 0 Å². The molecule has 2 heterocycles. The number of ether oxygens (including phenoxy) is 2. The number of hydrogen-bond donors (Lipinski definition) is 0. The van der Waals surface area contributed by atoms with Crippen molar-refractivity contribution in [2.24, 2.45) is 0 Å². The standard InChI is InChI=1S/C12H9ClN2O2/c13-12-11(14-3-4-15-12)8-1-2-9-10(7-8)17-6-5-16-9/h1-4,7H,5-6H2. The van der Waals surface area contributed by atoms with Crippen LogP contribution in [-0.4, -0.2) is 23.2 Å². The maximum atomic E-state index is 6.00. The molecule has 0 fully saturated rings. The molecule has 0 atom stereocenters.